The normalized spacial score (nSPS) is 12.2. The van der Waals surface area contributed by atoms with Crippen LogP contribution in [0.15, 0.2) is 65.3 Å². The minimum atomic E-state index is -0.953. The molecule has 0 fully saturated rings. The third kappa shape index (κ3) is 3.83. The van der Waals surface area contributed by atoms with E-state index in [1.54, 1.807) is 42.9 Å². The topological polar surface area (TPSA) is 88.0 Å². The number of rotatable bonds is 5. The van der Waals surface area contributed by atoms with Crippen LogP contribution >= 0.6 is 0 Å². The summed E-state index contributed by atoms with van der Waals surface area (Å²) in [7, 11) is -0.953. The van der Waals surface area contributed by atoms with Gasteiger partial charge in [-0.15, -0.1) is 0 Å². The number of aromatic nitrogens is 2. The molecule has 4 rings (SSSR count). The molecule has 2 heterocycles. The molecule has 0 saturated carbocycles. The van der Waals surface area contributed by atoms with E-state index in [1.165, 1.54) is 0 Å². The molecular formula is C20H17N3O3S. The number of carbonyl (C=O) groups excluding carboxylic acids is 1. The van der Waals surface area contributed by atoms with E-state index in [9.17, 15) is 9.00 Å². The van der Waals surface area contributed by atoms with Crippen molar-refractivity contribution in [1.82, 2.24) is 9.97 Å². The quantitative estimate of drug-likeness (QED) is 0.549. The molecule has 0 aliphatic carbocycles. The van der Waals surface area contributed by atoms with Gasteiger partial charge in [0.1, 0.15) is 0 Å². The van der Waals surface area contributed by atoms with Crippen LogP contribution in [-0.2, 0) is 16.6 Å². The Balaban J connectivity index is 1.56. The Kier molecular flexibility index (Phi) is 4.60. The lowest BCUT2D eigenvalue weighted by molar-refractivity contribution is 0.102. The van der Waals surface area contributed by atoms with Gasteiger partial charge in [0, 0.05) is 34.1 Å². The second kappa shape index (κ2) is 7.20. The van der Waals surface area contributed by atoms with Crippen LogP contribution in [0, 0.1) is 0 Å². The summed E-state index contributed by atoms with van der Waals surface area (Å²) in [4.78, 5) is 20.2. The zero-order valence-electron chi connectivity index (χ0n) is 14.6. The fourth-order valence-electron chi connectivity index (χ4n) is 2.86. The van der Waals surface area contributed by atoms with Crippen molar-refractivity contribution in [2.24, 2.45) is 0 Å². The summed E-state index contributed by atoms with van der Waals surface area (Å²) in [5.74, 6) is 1.50. The molecule has 0 aliphatic rings. The Morgan fingerprint density at radius 3 is 2.85 bits per heavy atom. The van der Waals surface area contributed by atoms with Crippen LogP contribution in [0.1, 0.15) is 15.9 Å². The number of H-pyrrole nitrogens is 1. The van der Waals surface area contributed by atoms with E-state index in [-0.39, 0.29) is 5.91 Å². The molecule has 136 valence electrons. The number of fused-ring (bicyclic) bond motifs is 1. The van der Waals surface area contributed by atoms with Crippen molar-refractivity contribution in [2.45, 2.75) is 5.75 Å². The molecule has 0 radical (unpaired) electrons. The molecule has 1 atom stereocenters. The van der Waals surface area contributed by atoms with Gasteiger partial charge in [0.2, 0.25) is 0 Å². The predicted molar refractivity (Wildman–Crippen MR) is 106 cm³/mol. The summed E-state index contributed by atoms with van der Waals surface area (Å²) in [5, 5.41) is 2.89. The molecule has 2 aromatic heterocycles. The third-order valence-electron chi connectivity index (χ3n) is 4.05. The number of hydrogen-bond donors (Lipinski definition) is 2. The van der Waals surface area contributed by atoms with Crippen molar-refractivity contribution in [2.75, 3.05) is 11.6 Å². The van der Waals surface area contributed by atoms with Gasteiger partial charge in [0.25, 0.3) is 5.91 Å². The van der Waals surface area contributed by atoms with Gasteiger partial charge in [-0.05, 0) is 48.0 Å². The van der Waals surface area contributed by atoms with Crippen LogP contribution in [0.2, 0.25) is 0 Å². The van der Waals surface area contributed by atoms with E-state index in [0.717, 1.165) is 16.6 Å². The first kappa shape index (κ1) is 17.2. The van der Waals surface area contributed by atoms with Crippen LogP contribution < -0.4 is 5.32 Å². The molecule has 6 nitrogen and oxygen atoms in total. The summed E-state index contributed by atoms with van der Waals surface area (Å²) in [6.45, 7) is 0. The number of nitrogens with one attached hydrogen (secondary N) is 2. The molecule has 2 N–H and O–H groups in total. The molecule has 0 saturated heterocycles. The average Bonchev–Trinajstić information content (AvgIpc) is 3.30. The lowest BCUT2D eigenvalue weighted by atomic mass is 10.1. The van der Waals surface area contributed by atoms with Crippen LogP contribution in [0.3, 0.4) is 0 Å². The molecule has 0 bridgehead atoms. The second-order valence-electron chi connectivity index (χ2n) is 6.17. The van der Waals surface area contributed by atoms with Crippen molar-refractivity contribution in [1.29, 1.82) is 0 Å². The average molecular weight is 379 g/mol. The molecule has 1 amide bonds. The number of anilines is 1. The SMILES string of the molecule is CS(=O)Cc1cccc(C(=O)Nc2ccc3nc(-c4ccco4)[nH]c3c2)c1. The van der Waals surface area contributed by atoms with Gasteiger partial charge in [0.05, 0.1) is 17.3 Å². The fourth-order valence-corrected chi connectivity index (χ4v) is 3.51. The number of hydrogen-bond acceptors (Lipinski definition) is 4. The first-order valence-corrected chi connectivity index (χ1v) is 10.1. The van der Waals surface area contributed by atoms with Gasteiger partial charge < -0.3 is 14.7 Å². The zero-order valence-corrected chi connectivity index (χ0v) is 15.4. The number of benzene rings is 2. The van der Waals surface area contributed by atoms with Crippen LogP contribution in [-0.4, -0.2) is 26.3 Å². The van der Waals surface area contributed by atoms with Crippen molar-refractivity contribution in [3.8, 4) is 11.6 Å². The van der Waals surface area contributed by atoms with Crippen LogP contribution in [0.4, 0.5) is 5.69 Å². The minimum Gasteiger partial charge on any atom is -0.461 e. The fraction of sp³-hybridized carbons (Fsp3) is 0.100. The molecule has 4 aromatic rings. The smallest absolute Gasteiger partial charge is 0.255 e. The monoisotopic (exact) mass is 379 g/mol. The summed E-state index contributed by atoms with van der Waals surface area (Å²) >= 11 is 0. The van der Waals surface area contributed by atoms with Crippen molar-refractivity contribution in [3.63, 3.8) is 0 Å². The Labute approximate surface area is 158 Å². The van der Waals surface area contributed by atoms with Crippen molar-refractivity contribution in [3.05, 3.63) is 72.0 Å². The maximum Gasteiger partial charge on any atom is 0.255 e. The Morgan fingerprint density at radius 1 is 1.19 bits per heavy atom. The number of carbonyl (C=O) groups is 1. The Bertz CT molecular complexity index is 1130. The molecule has 27 heavy (non-hydrogen) atoms. The Hall–Kier alpha value is -3.19. The number of nitrogens with zero attached hydrogens (tertiary/aromatic N) is 1. The number of furan rings is 1. The highest BCUT2D eigenvalue weighted by Crippen LogP contribution is 2.23. The maximum absolute atomic E-state index is 12.6. The van der Waals surface area contributed by atoms with Gasteiger partial charge >= 0.3 is 0 Å². The molecule has 7 heteroatoms. The lowest BCUT2D eigenvalue weighted by Gasteiger charge is -2.07. The first-order valence-electron chi connectivity index (χ1n) is 8.32. The van der Waals surface area contributed by atoms with Crippen molar-refractivity contribution >= 4 is 33.4 Å². The van der Waals surface area contributed by atoms with Gasteiger partial charge in [0.15, 0.2) is 11.6 Å². The summed E-state index contributed by atoms with van der Waals surface area (Å²) < 4.78 is 16.7. The van der Waals surface area contributed by atoms with Crippen molar-refractivity contribution < 1.29 is 13.4 Å². The highest BCUT2D eigenvalue weighted by molar-refractivity contribution is 7.83. The van der Waals surface area contributed by atoms with E-state index in [0.29, 0.717) is 28.6 Å². The number of aromatic amines is 1. The molecule has 1 unspecified atom stereocenters. The van der Waals surface area contributed by atoms with E-state index < -0.39 is 10.8 Å². The van der Waals surface area contributed by atoms with E-state index in [4.69, 9.17) is 4.42 Å². The highest BCUT2D eigenvalue weighted by atomic mass is 32.2. The lowest BCUT2D eigenvalue weighted by Crippen LogP contribution is -2.12. The van der Waals surface area contributed by atoms with Gasteiger partial charge in [-0.3, -0.25) is 9.00 Å². The van der Waals surface area contributed by atoms with Gasteiger partial charge in [-0.25, -0.2) is 4.98 Å². The summed E-state index contributed by atoms with van der Waals surface area (Å²) in [6.07, 6.45) is 3.24. The van der Waals surface area contributed by atoms with Gasteiger partial charge in [-0.1, -0.05) is 12.1 Å². The highest BCUT2D eigenvalue weighted by Gasteiger charge is 2.11. The summed E-state index contributed by atoms with van der Waals surface area (Å²) in [5.41, 5.74) is 3.64. The molecule has 2 aromatic carbocycles. The third-order valence-corrected chi connectivity index (χ3v) is 4.79. The molecule has 0 spiro atoms. The van der Waals surface area contributed by atoms with E-state index in [2.05, 4.69) is 15.3 Å². The van der Waals surface area contributed by atoms with Gasteiger partial charge in [-0.2, -0.15) is 0 Å². The van der Waals surface area contributed by atoms with E-state index >= 15 is 0 Å². The Morgan fingerprint density at radius 2 is 2.07 bits per heavy atom. The molecule has 0 aliphatic heterocycles. The van der Waals surface area contributed by atoms with E-state index in [1.807, 2.05) is 24.3 Å². The molecular weight excluding hydrogens is 362 g/mol. The number of imidazole rings is 1. The second-order valence-corrected chi connectivity index (χ2v) is 7.60. The summed E-state index contributed by atoms with van der Waals surface area (Å²) in [6, 6.07) is 16.3. The number of amides is 1. The predicted octanol–water partition coefficient (Wildman–Crippen LogP) is 3.95. The van der Waals surface area contributed by atoms with Crippen LogP contribution in [0.5, 0.6) is 0 Å². The first-order chi connectivity index (χ1) is 13.1. The largest absolute Gasteiger partial charge is 0.461 e. The maximum atomic E-state index is 12.6. The standard InChI is InChI=1S/C20H17N3O3S/c1-27(25)12-13-4-2-5-14(10-13)20(24)21-15-7-8-16-17(11-15)23-19(22-16)18-6-3-9-26-18/h2-11H,12H2,1H3,(H,21,24)(H,22,23). The van der Waals surface area contributed by atoms with Crippen LogP contribution in [0.25, 0.3) is 22.6 Å². The zero-order chi connectivity index (χ0) is 18.8. The minimum absolute atomic E-state index is 0.219.